The zero-order chi connectivity index (χ0) is 15.0. The lowest BCUT2D eigenvalue weighted by Crippen LogP contribution is -2.58. The Morgan fingerprint density at radius 2 is 1.81 bits per heavy atom. The highest BCUT2D eigenvalue weighted by Gasteiger charge is 2.52. The van der Waals surface area contributed by atoms with Gasteiger partial charge < -0.3 is 25.7 Å². The third kappa shape index (κ3) is 2.28. The second-order valence-corrected chi connectivity index (χ2v) is 6.40. The number of amidine groups is 1. The van der Waals surface area contributed by atoms with Crippen LogP contribution in [0.2, 0.25) is 0 Å². The minimum absolute atomic E-state index is 0.0127. The van der Waals surface area contributed by atoms with E-state index in [0.29, 0.717) is 38.9 Å². The summed E-state index contributed by atoms with van der Waals surface area (Å²) in [6.45, 7) is 0.877. The Morgan fingerprint density at radius 3 is 2.33 bits per heavy atom. The average Bonchev–Trinajstić information content (AvgIpc) is 2.78. The molecule has 3 aliphatic rings. The second kappa shape index (κ2) is 5.46. The maximum Gasteiger partial charge on any atom is 0.237 e. The van der Waals surface area contributed by atoms with Gasteiger partial charge in [-0.3, -0.25) is 4.79 Å². The molecular formula is C14H23N3O4. The summed E-state index contributed by atoms with van der Waals surface area (Å²) in [5.74, 6) is -0.0678. The van der Waals surface area contributed by atoms with Crippen molar-refractivity contribution in [1.29, 1.82) is 0 Å². The molecule has 3 aliphatic heterocycles. The van der Waals surface area contributed by atoms with Crippen LogP contribution in [-0.4, -0.2) is 58.4 Å². The van der Waals surface area contributed by atoms with Crippen LogP contribution in [0.15, 0.2) is 5.16 Å². The van der Waals surface area contributed by atoms with Crippen molar-refractivity contribution >= 4 is 11.7 Å². The average molecular weight is 297 g/mol. The highest BCUT2D eigenvalue weighted by molar-refractivity contribution is 6.07. The van der Waals surface area contributed by atoms with Crippen LogP contribution in [0, 0.1) is 5.41 Å². The Kier molecular flexibility index (Phi) is 3.79. The summed E-state index contributed by atoms with van der Waals surface area (Å²) >= 11 is 0. The fourth-order valence-corrected chi connectivity index (χ4v) is 4.12. The third-order valence-corrected chi connectivity index (χ3v) is 5.30. The van der Waals surface area contributed by atoms with E-state index in [1.165, 1.54) is 0 Å². The van der Waals surface area contributed by atoms with Crippen molar-refractivity contribution in [3.05, 3.63) is 0 Å². The third-order valence-electron chi connectivity index (χ3n) is 5.30. The van der Waals surface area contributed by atoms with E-state index in [-0.39, 0.29) is 29.9 Å². The number of ether oxygens (including phenoxy) is 1. The van der Waals surface area contributed by atoms with Gasteiger partial charge in [-0.05, 0) is 38.5 Å². The monoisotopic (exact) mass is 297 g/mol. The first-order valence-electron chi connectivity index (χ1n) is 7.65. The van der Waals surface area contributed by atoms with Crippen LogP contribution in [-0.2, 0) is 9.53 Å². The molecule has 0 saturated carbocycles. The molecule has 4 N–H and O–H groups in total. The van der Waals surface area contributed by atoms with Crippen molar-refractivity contribution < 1.29 is 19.8 Å². The number of fused-ring (bicyclic) bond motifs is 2. The Bertz CT molecular complexity index is 434. The Balaban J connectivity index is 1.88. The van der Waals surface area contributed by atoms with Gasteiger partial charge in [-0.15, -0.1) is 0 Å². The number of nitrogens with zero attached hydrogens (tertiary/aromatic N) is 2. The van der Waals surface area contributed by atoms with Gasteiger partial charge in [0.15, 0.2) is 5.84 Å². The minimum atomic E-state index is -0.948. The number of carbonyl (C=O) groups excluding carboxylic acids is 1. The molecule has 118 valence electrons. The van der Waals surface area contributed by atoms with Crippen molar-refractivity contribution in [3.63, 3.8) is 0 Å². The largest absolute Gasteiger partial charge is 0.409 e. The summed E-state index contributed by atoms with van der Waals surface area (Å²) in [6, 6.07) is 0.162. The van der Waals surface area contributed by atoms with E-state index < -0.39 is 5.41 Å². The zero-order valence-corrected chi connectivity index (χ0v) is 12.1. The van der Waals surface area contributed by atoms with Gasteiger partial charge in [-0.1, -0.05) is 5.16 Å². The van der Waals surface area contributed by atoms with Gasteiger partial charge in [0.25, 0.3) is 0 Å². The molecule has 3 fully saturated rings. The van der Waals surface area contributed by atoms with Gasteiger partial charge in [0.1, 0.15) is 5.41 Å². The number of piperidine rings is 1. The molecule has 3 heterocycles. The molecule has 2 bridgehead atoms. The van der Waals surface area contributed by atoms with Crippen LogP contribution in [0.25, 0.3) is 0 Å². The molecule has 0 aromatic carbocycles. The Labute approximate surface area is 123 Å². The second-order valence-electron chi connectivity index (χ2n) is 6.40. The van der Waals surface area contributed by atoms with E-state index in [4.69, 9.17) is 15.7 Å². The molecule has 3 saturated heterocycles. The molecule has 0 aromatic heterocycles. The van der Waals surface area contributed by atoms with Gasteiger partial charge in [0.05, 0.1) is 6.10 Å². The molecule has 3 rings (SSSR count). The molecule has 2 unspecified atom stereocenters. The molecule has 0 aromatic rings. The summed E-state index contributed by atoms with van der Waals surface area (Å²) in [4.78, 5) is 15.1. The fraction of sp³-hybridized carbons (Fsp3) is 0.857. The maximum absolute atomic E-state index is 13.2. The van der Waals surface area contributed by atoms with Crippen molar-refractivity contribution in [2.45, 2.75) is 56.7 Å². The quantitative estimate of drug-likeness (QED) is 0.289. The van der Waals surface area contributed by atoms with E-state index >= 15 is 0 Å². The van der Waals surface area contributed by atoms with E-state index in [1.807, 2.05) is 4.90 Å². The van der Waals surface area contributed by atoms with E-state index in [0.717, 1.165) is 12.8 Å². The molecule has 7 nitrogen and oxygen atoms in total. The van der Waals surface area contributed by atoms with Gasteiger partial charge in [-0.25, -0.2) is 0 Å². The van der Waals surface area contributed by atoms with Gasteiger partial charge in [0, 0.05) is 25.3 Å². The Hall–Kier alpha value is -1.34. The highest BCUT2D eigenvalue weighted by Crippen LogP contribution is 2.41. The summed E-state index contributed by atoms with van der Waals surface area (Å²) < 4.78 is 5.34. The van der Waals surface area contributed by atoms with Crippen LogP contribution in [0.3, 0.4) is 0 Å². The maximum atomic E-state index is 13.2. The summed E-state index contributed by atoms with van der Waals surface area (Å²) in [6.07, 6.45) is 3.68. The van der Waals surface area contributed by atoms with E-state index in [9.17, 15) is 9.90 Å². The number of oxime groups is 1. The highest BCUT2D eigenvalue weighted by atomic mass is 16.5. The number of rotatable bonds is 2. The normalized spacial score (nSPS) is 35.8. The van der Waals surface area contributed by atoms with Crippen LogP contribution in [0.4, 0.5) is 0 Å². The summed E-state index contributed by atoms with van der Waals surface area (Å²) in [7, 11) is 0. The van der Waals surface area contributed by atoms with Crippen LogP contribution in [0.1, 0.15) is 38.5 Å². The first-order valence-corrected chi connectivity index (χ1v) is 7.65. The summed E-state index contributed by atoms with van der Waals surface area (Å²) in [5, 5.41) is 22.1. The lowest BCUT2D eigenvalue weighted by atomic mass is 9.76. The lowest BCUT2D eigenvalue weighted by Gasteiger charge is -2.44. The fourth-order valence-electron chi connectivity index (χ4n) is 4.12. The number of amides is 1. The van der Waals surface area contributed by atoms with Crippen LogP contribution < -0.4 is 5.73 Å². The molecule has 1 amide bonds. The standard InChI is InChI=1S/C14H23N3O4/c15-12(16-20)14(3-5-21-6-4-14)13(19)17-9-1-2-10(17)8-11(18)7-9/h9-11,18,20H,1-8H2,(H2,15,16). The smallest absolute Gasteiger partial charge is 0.237 e. The molecule has 21 heavy (non-hydrogen) atoms. The van der Waals surface area contributed by atoms with E-state index in [1.54, 1.807) is 0 Å². The van der Waals surface area contributed by atoms with Crippen molar-refractivity contribution in [2.75, 3.05) is 13.2 Å². The first kappa shape index (κ1) is 14.6. The minimum Gasteiger partial charge on any atom is -0.409 e. The molecule has 0 spiro atoms. The lowest BCUT2D eigenvalue weighted by molar-refractivity contribution is -0.149. The van der Waals surface area contributed by atoms with Gasteiger partial charge in [-0.2, -0.15) is 0 Å². The van der Waals surface area contributed by atoms with Gasteiger partial charge in [0.2, 0.25) is 5.91 Å². The number of carbonyl (C=O) groups is 1. The van der Waals surface area contributed by atoms with Crippen LogP contribution >= 0.6 is 0 Å². The number of nitrogens with two attached hydrogens (primary N) is 1. The molecule has 0 aliphatic carbocycles. The number of hydrogen-bond acceptors (Lipinski definition) is 5. The molecular weight excluding hydrogens is 274 g/mol. The summed E-state index contributed by atoms with van der Waals surface area (Å²) in [5.41, 5.74) is 4.93. The number of aliphatic hydroxyl groups is 1. The zero-order valence-electron chi connectivity index (χ0n) is 12.1. The van der Waals surface area contributed by atoms with Crippen molar-refractivity contribution in [1.82, 2.24) is 4.90 Å². The molecule has 7 heteroatoms. The predicted octanol–water partition coefficient (Wildman–Crippen LogP) is 0.0439. The van der Waals surface area contributed by atoms with Gasteiger partial charge >= 0.3 is 0 Å². The SMILES string of the molecule is NC(=NO)C1(C(=O)N2C3CCC2CC(O)C3)CCOCC1. The van der Waals surface area contributed by atoms with Crippen molar-refractivity contribution in [3.8, 4) is 0 Å². The predicted molar refractivity (Wildman–Crippen MR) is 74.8 cm³/mol. The molecule has 0 radical (unpaired) electrons. The first-order chi connectivity index (χ1) is 10.1. The molecule has 2 atom stereocenters. The number of aliphatic hydroxyl groups excluding tert-OH is 1. The topological polar surface area (TPSA) is 108 Å². The van der Waals surface area contributed by atoms with E-state index in [2.05, 4.69) is 5.16 Å². The number of hydrogen-bond donors (Lipinski definition) is 3. The van der Waals surface area contributed by atoms with Crippen molar-refractivity contribution in [2.24, 2.45) is 16.3 Å². The Morgan fingerprint density at radius 1 is 1.24 bits per heavy atom. The van der Waals surface area contributed by atoms with Crippen LogP contribution in [0.5, 0.6) is 0 Å².